The standard InChI is InChI=1S/C18H16N4O3S/c1-2-11-20-26(24,25)14-9-7-13(8-10-14)18(23)19-12-17-21-15-5-3-4-6-16(15)22-17/h1,3-10,20H,11-12H2,(H,19,23)(H,21,22). The SMILES string of the molecule is C#CCNS(=O)(=O)c1ccc(C(=O)NCc2nc3ccccc3[nH]2)cc1. The summed E-state index contributed by atoms with van der Waals surface area (Å²) in [7, 11) is -3.67. The van der Waals surface area contributed by atoms with Crippen LogP contribution in [0.15, 0.2) is 53.4 Å². The van der Waals surface area contributed by atoms with Crippen LogP contribution >= 0.6 is 0 Å². The summed E-state index contributed by atoms with van der Waals surface area (Å²) in [6, 6.07) is 13.2. The highest BCUT2D eigenvalue weighted by Gasteiger charge is 2.14. The molecule has 2 aromatic carbocycles. The second kappa shape index (κ2) is 7.39. The molecule has 3 rings (SSSR count). The van der Waals surface area contributed by atoms with Crippen molar-refractivity contribution < 1.29 is 13.2 Å². The van der Waals surface area contributed by atoms with Crippen molar-refractivity contribution in [1.29, 1.82) is 0 Å². The Kier molecular flexibility index (Phi) is 5.02. The largest absolute Gasteiger partial charge is 0.345 e. The zero-order valence-corrected chi connectivity index (χ0v) is 14.5. The first kappa shape index (κ1) is 17.7. The van der Waals surface area contributed by atoms with Crippen molar-refractivity contribution >= 4 is 27.0 Å². The smallest absolute Gasteiger partial charge is 0.251 e. The van der Waals surface area contributed by atoms with E-state index < -0.39 is 10.0 Å². The highest BCUT2D eigenvalue weighted by molar-refractivity contribution is 7.89. The third-order valence-corrected chi connectivity index (χ3v) is 5.06. The molecule has 26 heavy (non-hydrogen) atoms. The number of fused-ring (bicyclic) bond motifs is 1. The van der Waals surface area contributed by atoms with Gasteiger partial charge in [0.05, 0.1) is 29.0 Å². The summed E-state index contributed by atoms with van der Waals surface area (Å²) in [5.41, 5.74) is 2.06. The molecule has 0 unspecified atom stereocenters. The van der Waals surface area contributed by atoms with Crippen molar-refractivity contribution in [2.75, 3.05) is 6.54 Å². The lowest BCUT2D eigenvalue weighted by Gasteiger charge is -2.06. The number of nitrogens with zero attached hydrogens (tertiary/aromatic N) is 1. The van der Waals surface area contributed by atoms with Gasteiger partial charge in [0.15, 0.2) is 0 Å². The van der Waals surface area contributed by atoms with E-state index in [1.807, 2.05) is 24.3 Å². The molecule has 0 bridgehead atoms. The Morgan fingerprint density at radius 2 is 1.88 bits per heavy atom. The van der Waals surface area contributed by atoms with Crippen LogP contribution in [0.1, 0.15) is 16.2 Å². The van der Waals surface area contributed by atoms with Crippen LogP contribution in [-0.2, 0) is 16.6 Å². The topological polar surface area (TPSA) is 104 Å². The number of hydrogen-bond donors (Lipinski definition) is 3. The minimum Gasteiger partial charge on any atom is -0.345 e. The number of H-pyrrole nitrogens is 1. The van der Waals surface area contributed by atoms with Gasteiger partial charge in [-0.15, -0.1) is 6.42 Å². The summed E-state index contributed by atoms with van der Waals surface area (Å²) in [5.74, 6) is 2.51. The molecule has 0 spiro atoms. The summed E-state index contributed by atoms with van der Waals surface area (Å²) in [6.07, 6.45) is 5.05. The number of terminal acetylenes is 1. The number of carbonyl (C=O) groups excluding carboxylic acids is 1. The van der Waals surface area contributed by atoms with Gasteiger partial charge >= 0.3 is 0 Å². The molecule has 0 aliphatic heterocycles. The van der Waals surface area contributed by atoms with E-state index in [-0.39, 0.29) is 23.9 Å². The van der Waals surface area contributed by atoms with Gasteiger partial charge in [-0.2, -0.15) is 4.72 Å². The number of amides is 1. The number of rotatable bonds is 6. The van der Waals surface area contributed by atoms with Crippen LogP contribution in [0, 0.1) is 12.3 Å². The van der Waals surface area contributed by atoms with Crippen molar-refractivity contribution in [3.63, 3.8) is 0 Å². The summed E-state index contributed by atoms with van der Waals surface area (Å²) < 4.78 is 26.2. The molecule has 0 fully saturated rings. The third kappa shape index (κ3) is 3.91. The molecule has 7 nitrogen and oxygen atoms in total. The first-order chi connectivity index (χ1) is 12.5. The Hall–Kier alpha value is -3.15. The Labute approximate surface area is 150 Å². The number of benzene rings is 2. The van der Waals surface area contributed by atoms with Crippen molar-refractivity contribution in [3.8, 4) is 12.3 Å². The average molecular weight is 368 g/mol. The molecule has 0 radical (unpaired) electrons. The number of carbonyl (C=O) groups is 1. The molecule has 8 heteroatoms. The Morgan fingerprint density at radius 3 is 2.58 bits per heavy atom. The number of imidazole rings is 1. The fourth-order valence-corrected chi connectivity index (χ4v) is 3.30. The summed E-state index contributed by atoms with van der Waals surface area (Å²) in [5, 5.41) is 2.74. The monoisotopic (exact) mass is 368 g/mol. The number of para-hydroxylation sites is 2. The van der Waals surface area contributed by atoms with E-state index in [0.717, 1.165) is 11.0 Å². The molecule has 3 aromatic rings. The minimum absolute atomic E-state index is 0.0431. The molecule has 1 heterocycles. The van der Waals surface area contributed by atoms with E-state index in [1.165, 1.54) is 24.3 Å². The van der Waals surface area contributed by atoms with E-state index in [1.54, 1.807) is 0 Å². The predicted octanol–water partition coefficient (Wildman–Crippen LogP) is 1.40. The molecule has 0 aliphatic rings. The normalized spacial score (nSPS) is 11.2. The van der Waals surface area contributed by atoms with Gasteiger partial charge in [0.25, 0.3) is 5.91 Å². The predicted molar refractivity (Wildman–Crippen MR) is 97.7 cm³/mol. The highest BCUT2D eigenvalue weighted by Crippen LogP contribution is 2.12. The van der Waals surface area contributed by atoms with Crippen LogP contribution in [0.4, 0.5) is 0 Å². The van der Waals surface area contributed by atoms with Gasteiger partial charge in [0.1, 0.15) is 5.82 Å². The van der Waals surface area contributed by atoms with Crippen LogP contribution in [0.5, 0.6) is 0 Å². The summed E-state index contributed by atoms with van der Waals surface area (Å²) >= 11 is 0. The highest BCUT2D eigenvalue weighted by atomic mass is 32.2. The molecule has 1 aromatic heterocycles. The van der Waals surface area contributed by atoms with Crippen molar-refractivity contribution in [2.45, 2.75) is 11.4 Å². The Morgan fingerprint density at radius 1 is 1.15 bits per heavy atom. The lowest BCUT2D eigenvalue weighted by Crippen LogP contribution is -2.25. The van der Waals surface area contributed by atoms with E-state index in [2.05, 4.69) is 25.9 Å². The van der Waals surface area contributed by atoms with Crippen molar-refractivity contribution in [3.05, 3.63) is 59.9 Å². The van der Waals surface area contributed by atoms with Gasteiger partial charge in [-0.1, -0.05) is 18.1 Å². The number of aromatic amines is 1. The average Bonchev–Trinajstić information content (AvgIpc) is 3.07. The van der Waals surface area contributed by atoms with Crippen LogP contribution in [0.2, 0.25) is 0 Å². The van der Waals surface area contributed by atoms with Gasteiger partial charge < -0.3 is 10.3 Å². The fourth-order valence-electron chi connectivity index (χ4n) is 2.36. The van der Waals surface area contributed by atoms with E-state index in [9.17, 15) is 13.2 Å². The zero-order chi connectivity index (χ0) is 18.6. The molecular formula is C18H16N4O3S. The quantitative estimate of drug-likeness (QED) is 0.572. The maximum atomic E-state index is 12.2. The molecule has 1 amide bonds. The molecular weight excluding hydrogens is 352 g/mol. The van der Waals surface area contributed by atoms with Crippen molar-refractivity contribution in [2.24, 2.45) is 0 Å². The van der Waals surface area contributed by atoms with Gasteiger partial charge in [0.2, 0.25) is 10.0 Å². The van der Waals surface area contributed by atoms with Crippen LogP contribution in [-0.4, -0.2) is 30.8 Å². The van der Waals surface area contributed by atoms with E-state index >= 15 is 0 Å². The maximum absolute atomic E-state index is 12.2. The Balaban J connectivity index is 1.65. The lowest BCUT2D eigenvalue weighted by molar-refractivity contribution is 0.0950. The van der Waals surface area contributed by atoms with Crippen LogP contribution in [0.3, 0.4) is 0 Å². The second-order valence-electron chi connectivity index (χ2n) is 5.44. The van der Waals surface area contributed by atoms with Crippen LogP contribution in [0.25, 0.3) is 11.0 Å². The van der Waals surface area contributed by atoms with Gasteiger partial charge in [-0.25, -0.2) is 13.4 Å². The minimum atomic E-state index is -3.67. The molecule has 0 atom stereocenters. The number of aromatic nitrogens is 2. The Bertz CT molecular complexity index is 1050. The second-order valence-corrected chi connectivity index (χ2v) is 7.20. The molecule has 3 N–H and O–H groups in total. The van der Waals surface area contributed by atoms with Gasteiger partial charge in [-0.05, 0) is 36.4 Å². The summed E-state index contributed by atoms with van der Waals surface area (Å²) in [4.78, 5) is 19.8. The maximum Gasteiger partial charge on any atom is 0.251 e. The number of sulfonamides is 1. The first-order valence-electron chi connectivity index (χ1n) is 7.74. The lowest BCUT2D eigenvalue weighted by atomic mass is 10.2. The van der Waals surface area contributed by atoms with Gasteiger partial charge in [0, 0.05) is 5.56 Å². The molecule has 0 saturated heterocycles. The zero-order valence-electron chi connectivity index (χ0n) is 13.7. The molecule has 0 saturated carbocycles. The number of nitrogens with one attached hydrogen (secondary N) is 3. The summed E-state index contributed by atoms with van der Waals surface area (Å²) in [6.45, 7) is 0.138. The van der Waals surface area contributed by atoms with E-state index in [4.69, 9.17) is 6.42 Å². The van der Waals surface area contributed by atoms with Crippen LogP contribution < -0.4 is 10.0 Å². The molecule has 0 aliphatic carbocycles. The molecule has 132 valence electrons. The number of hydrogen-bond acceptors (Lipinski definition) is 4. The van der Waals surface area contributed by atoms with Crippen molar-refractivity contribution in [1.82, 2.24) is 20.0 Å². The van der Waals surface area contributed by atoms with E-state index in [0.29, 0.717) is 11.4 Å². The fraction of sp³-hybridized carbons (Fsp3) is 0.111. The first-order valence-corrected chi connectivity index (χ1v) is 9.23. The third-order valence-electron chi connectivity index (χ3n) is 3.65. The van der Waals surface area contributed by atoms with Gasteiger partial charge in [-0.3, -0.25) is 4.79 Å².